The Morgan fingerprint density at radius 2 is 1.09 bits per heavy atom. The molecule has 2 aliphatic rings. The molecule has 4 unspecified atom stereocenters. The van der Waals surface area contributed by atoms with E-state index in [9.17, 15) is 9.59 Å². The number of ether oxygens (including phenoxy) is 6. The third-order valence-corrected chi connectivity index (χ3v) is 6.56. The molecule has 2 rings (SSSR count). The molecular formula is C25H44O8. The van der Waals surface area contributed by atoms with Crippen LogP contribution in [0.3, 0.4) is 0 Å². The van der Waals surface area contributed by atoms with Crippen LogP contribution in [0, 0.1) is 11.8 Å². The summed E-state index contributed by atoms with van der Waals surface area (Å²) < 4.78 is 31.6. The Kier molecular flexibility index (Phi) is 11.1. The number of epoxide rings is 2. The van der Waals surface area contributed by atoms with Gasteiger partial charge in [0.15, 0.2) is 0 Å². The second kappa shape index (κ2) is 13.0. The molecule has 8 heteroatoms. The predicted octanol–water partition coefficient (Wildman–Crippen LogP) is 4.03. The minimum Gasteiger partial charge on any atom is -0.426 e. The molecule has 0 aromatic heterocycles. The van der Waals surface area contributed by atoms with Crippen molar-refractivity contribution >= 4 is 11.9 Å². The van der Waals surface area contributed by atoms with E-state index >= 15 is 0 Å². The van der Waals surface area contributed by atoms with Crippen molar-refractivity contribution in [2.45, 2.75) is 103 Å². The van der Waals surface area contributed by atoms with Gasteiger partial charge in [-0.1, -0.05) is 13.8 Å². The van der Waals surface area contributed by atoms with Crippen LogP contribution in [0.4, 0.5) is 0 Å². The van der Waals surface area contributed by atoms with Gasteiger partial charge in [0.25, 0.3) is 0 Å². The molecule has 2 fully saturated rings. The summed E-state index contributed by atoms with van der Waals surface area (Å²) in [5.41, 5.74) is 0.0779. The molecule has 0 N–H and O–H groups in total. The van der Waals surface area contributed by atoms with E-state index in [-0.39, 0.29) is 24.4 Å². The topological polar surface area (TPSA) is 96.1 Å². The van der Waals surface area contributed by atoms with Crippen molar-refractivity contribution in [3.05, 3.63) is 0 Å². The smallest absolute Gasteiger partial charge is 0.334 e. The monoisotopic (exact) mass is 472 g/mol. The van der Waals surface area contributed by atoms with Crippen LogP contribution >= 0.6 is 0 Å². The van der Waals surface area contributed by atoms with Gasteiger partial charge in [0.05, 0.1) is 23.4 Å². The van der Waals surface area contributed by atoms with E-state index in [0.29, 0.717) is 37.3 Å². The Balaban J connectivity index is 1.35. The van der Waals surface area contributed by atoms with E-state index in [1.807, 2.05) is 0 Å². The van der Waals surface area contributed by atoms with Gasteiger partial charge in [-0.2, -0.15) is 0 Å². The third kappa shape index (κ3) is 11.7. The number of carbonyl (C=O) groups is 2. The molecule has 2 saturated heterocycles. The molecule has 0 radical (unpaired) electrons. The zero-order valence-corrected chi connectivity index (χ0v) is 21.4. The minimum atomic E-state index is -0.554. The molecule has 2 heterocycles. The van der Waals surface area contributed by atoms with Gasteiger partial charge < -0.3 is 28.4 Å². The lowest BCUT2D eigenvalue weighted by molar-refractivity contribution is -0.173. The maximum atomic E-state index is 11.7. The Hall–Kier alpha value is -1.22. The average molecular weight is 473 g/mol. The van der Waals surface area contributed by atoms with Crippen molar-refractivity contribution in [1.29, 1.82) is 0 Å². The summed E-state index contributed by atoms with van der Waals surface area (Å²) in [7, 11) is 0. The first kappa shape index (κ1) is 28.0. The Morgan fingerprint density at radius 3 is 1.42 bits per heavy atom. The third-order valence-electron chi connectivity index (χ3n) is 6.56. The maximum absolute atomic E-state index is 11.7. The summed E-state index contributed by atoms with van der Waals surface area (Å²) in [6, 6.07) is 0. The Morgan fingerprint density at radius 1 is 0.727 bits per heavy atom. The summed E-state index contributed by atoms with van der Waals surface area (Å²) in [5.74, 6) is -0.101. The summed E-state index contributed by atoms with van der Waals surface area (Å²) in [4.78, 5) is 23.3. The molecule has 0 aliphatic carbocycles. The lowest BCUT2D eigenvalue weighted by Crippen LogP contribution is -2.20. The first-order chi connectivity index (χ1) is 15.5. The summed E-state index contributed by atoms with van der Waals surface area (Å²) in [6.45, 7) is 13.0. The fraction of sp³-hybridized carbons (Fsp3) is 0.920. The molecule has 0 amide bonds. The summed E-state index contributed by atoms with van der Waals surface area (Å²) in [6.07, 6.45) is 6.74. The first-order valence-corrected chi connectivity index (χ1v) is 12.3. The van der Waals surface area contributed by atoms with Crippen LogP contribution in [0.5, 0.6) is 0 Å². The minimum absolute atomic E-state index is 0.0389. The van der Waals surface area contributed by atoms with Crippen LogP contribution in [0.1, 0.15) is 80.1 Å². The molecule has 0 aromatic rings. The van der Waals surface area contributed by atoms with E-state index in [0.717, 1.165) is 38.5 Å². The van der Waals surface area contributed by atoms with Crippen molar-refractivity contribution < 1.29 is 38.0 Å². The number of esters is 2. The molecule has 0 spiro atoms. The van der Waals surface area contributed by atoms with Crippen LogP contribution in [-0.2, 0) is 38.0 Å². The summed E-state index contributed by atoms with van der Waals surface area (Å²) in [5, 5.41) is 0. The molecule has 2 aliphatic heterocycles. The predicted molar refractivity (Wildman–Crippen MR) is 123 cm³/mol. The molecule has 0 aromatic carbocycles. The quantitative estimate of drug-likeness (QED) is 0.128. The van der Waals surface area contributed by atoms with E-state index in [1.165, 1.54) is 0 Å². The van der Waals surface area contributed by atoms with Gasteiger partial charge in [0.2, 0.25) is 6.79 Å². The highest BCUT2D eigenvalue weighted by Crippen LogP contribution is 2.40. The highest BCUT2D eigenvalue weighted by atomic mass is 16.7. The SMILES string of the molecule is CC(CCOCC(=O)OCOC(=O)COCCC(C)CCC1OC1(C)C)CCC1OC1(C)C. The van der Waals surface area contributed by atoms with Crippen molar-refractivity contribution in [1.82, 2.24) is 0 Å². The molecular weight excluding hydrogens is 428 g/mol. The lowest BCUT2D eigenvalue weighted by Gasteiger charge is -2.12. The van der Waals surface area contributed by atoms with Gasteiger partial charge >= 0.3 is 11.9 Å². The molecule has 0 bridgehead atoms. The van der Waals surface area contributed by atoms with E-state index in [1.54, 1.807) is 0 Å². The largest absolute Gasteiger partial charge is 0.426 e. The Labute approximate surface area is 198 Å². The average Bonchev–Trinajstić information content (AvgIpc) is 3.57. The van der Waals surface area contributed by atoms with E-state index in [2.05, 4.69) is 41.5 Å². The van der Waals surface area contributed by atoms with Gasteiger partial charge in [0, 0.05) is 13.2 Å². The van der Waals surface area contributed by atoms with Gasteiger partial charge in [-0.15, -0.1) is 0 Å². The van der Waals surface area contributed by atoms with Crippen LogP contribution in [0.2, 0.25) is 0 Å². The number of rotatable bonds is 18. The highest BCUT2D eigenvalue weighted by molar-refractivity contribution is 5.72. The normalized spacial score (nSPS) is 24.1. The van der Waals surface area contributed by atoms with Crippen LogP contribution in [-0.4, -0.2) is 68.6 Å². The standard InChI is InChI=1S/C25H44O8/c1-18(7-9-20-24(3,4)32-20)11-13-28-15-22(26)30-17-31-23(27)16-29-14-12-19(2)8-10-21-25(5,6)33-21/h18-21H,7-17H2,1-6H3. The molecule has 192 valence electrons. The number of carbonyl (C=O) groups excluding carboxylic acids is 2. The van der Waals surface area contributed by atoms with Crippen LogP contribution in [0.25, 0.3) is 0 Å². The molecule has 8 nitrogen and oxygen atoms in total. The fourth-order valence-electron chi connectivity index (χ4n) is 3.76. The fourth-order valence-corrected chi connectivity index (χ4v) is 3.76. The number of hydrogen-bond donors (Lipinski definition) is 0. The van der Waals surface area contributed by atoms with Crippen molar-refractivity contribution in [2.75, 3.05) is 33.2 Å². The highest BCUT2D eigenvalue weighted by Gasteiger charge is 2.47. The zero-order chi connectivity index (χ0) is 24.5. The summed E-state index contributed by atoms with van der Waals surface area (Å²) >= 11 is 0. The van der Waals surface area contributed by atoms with Crippen molar-refractivity contribution in [2.24, 2.45) is 11.8 Å². The van der Waals surface area contributed by atoms with Gasteiger partial charge in [0.1, 0.15) is 13.2 Å². The maximum Gasteiger partial charge on any atom is 0.334 e. The zero-order valence-electron chi connectivity index (χ0n) is 21.4. The van der Waals surface area contributed by atoms with Crippen LogP contribution < -0.4 is 0 Å². The molecule has 4 atom stereocenters. The lowest BCUT2D eigenvalue weighted by atomic mass is 9.98. The van der Waals surface area contributed by atoms with Gasteiger partial charge in [-0.3, -0.25) is 0 Å². The van der Waals surface area contributed by atoms with Crippen molar-refractivity contribution in [3.63, 3.8) is 0 Å². The second-order valence-electron chi connectivity index (χ2n) is 10.6. The first-order valence-electron chi connectivity index (χ1n) is 12.3. The van der Waals surface area contributed by atoms with Crippen molar-refractivity contribution in [3.8, 4) is 0 Å². The Bertz CT molecular complexity index is 566. The molecule has 33 heavy (non-hydrogen) atoms. The van der Waals surface area contributed by atoms with Gasteiger partial charge in [-0.25, -0.2) is 9.59 Å². The van der Waals surface area contributed by atoms with E-state index in [4.69, 9.17) is 28.4 Å². The van der Waals surface area contributed by atoms with Gasteiger partial charge in [-0.05, 0) is 78.1 Å². The number of hydrogen-bond acceptors (Lipinski definition) is 8. The molecule has 0 saturated carbocycles. The second-order valence-corrected chi connectivity index (χ2v) is 10.6. The van der Waals surface area contributed by atoms with E-state index < -0.39 is 18.7 Å². The van der Waals surface area contributed by atoms with Crippen LogP contribution in [0.15, 0.2) is 0 Å².